The molecule has 0 aliphatic carbocycles. The second-order valence-electron chi connectivity index (χ2n) is 11.3. The van der Waals surface area contributed by atoms with Crippen molar-refractivity contribution >= 4 is 43.6 Å². The number of hydrogen-bond acceptors (Lipinski definition) is 5. The molecule has 0 aliphatic heterocycles. The lowest BCUT2D eigenvalue weighted by Crippen LogP contribution is -1.98. The first-order valence-corrected chi connectivity index (χ1v) is 15.3. The van der Waals surface area contributed by atoms with Crippen LogP contribution in [0.1, 0.15) is 0 Å². The minimum Gasteiger partial charge on any atom is -0.255 e. The van der Waals surface area contributed by atoms with Crippen molar-refractivity contribution in [1.82, 2.24) is 24.9 Å². The van der Waals surface area contributed by atoms with Gasteiger partial charge < -0.3 is 0 Å². The van der Waals surface area contributed by atoms with Gasteiger partial charge in [0.25, 0.3) is 0 Å². The molecule has 0 unspecified atom stereocenters. The summed E-state index contributed by atoms with van der Waals surface area (Å²) in [7, 11) is 0. The average Bonchev–Trinajstić information content (AvgIpc) is 3.14. The minimum atomic E-state index is 0.819. The van der Waals surface area contributed by atoms with E-state index in [2.05, 4.69) is 102 Å². The van der Waals surface area contributed by atoms with Gasteiger partial charge in [-0.05, 0) is 53.2 Å². The second kappa shape index (κ2) is 10.7. The van der Waals surface area contributed by atoms with Gasteiger partial charge in [-0.3, -0.25) is 4.98 Å². The molecule has 0 bridgehead atoms. The van der Waals surface area contributed by atoms with Gasteiger partial charge in [-0.25, -0.2) is 19.9 Å². The third kappa shape index (κ3) is 4.45. The van der Waals surface area contributed by atoms with Gasteiger partial charge in [0.05, 0.1) is 50.5 Å². The predicted molar refractivity (Wildman–Crippen MR) is 187 cm³/mol. The lowest BCUT2D eigenvalue weighted by molar-refractivity contribution is 1.27. The zero-order chi connectivity index (χ0) is 30.5. The minimum absolute atomic E-state index is 0.819. The SMILES string of the molecule is c1ccc(-c2ccc3ccc4ccc(-c5ccccc5-c5nc6ccccc6nc5-c5ccc6ccccc6c5)nc4c3n2)nc1. The summed E-state index contributed by atoms with van der Waals surface area (Å²) in [6.07, 6.45) is 1.79. The van der Waals surface area contributed by atoms with Gasteiger partial charge in [0, 0.05) is 33.7 Å². The molecule has 0 spiro atoms. The molecule has 4 aromatic heterocycles. The van der Waals surface area contributed by atoms with Gasteiger partial charge in [-0.1, -0.05) is 103 Å². The number of nitrogens with zero attached hydrogens (tertiary/aromatic N) is 5. The van der Waals surface area contributed by atoms with Crippen molar-refractivity contribution in [3.05, 3.63) is 152 Å². The van der Waals surface area contributed by atoms with E-state index in [-0.39, 0.29) is 0 Å². The van der Waals surface area contributed by atoms with Crippen molar-refractivity contribution in [2.24, 2.45) is 0 Å². The molecule has 9 aromatic rings. The third-order valence-electron chi connectivity index (χ3n) is 8.50. The van der Waals surface area contributed by atoms with E-state index in [1.165, 1.54) is 5.39 Å². The van der Waals surface area contributed by atoms with Crippen LogP contribution in [0, 0.1) is 0 Å². The van der Waals surface area contributed by atoms with Gasteiger partial charge in [0.1, 0.15) is 0 Å². The van der Waals surface area contributed by atoms with Gasteiger partial charge in [0.15, 0.2) is 0 Å². The molecule has 5 aromatic carbocycles. The molecular formula is C41H25N5. The fourth-order valence-corrected chi connectivity index (χ4v) is 6.21. The summed E-state index contributed by atoms with van der Waals surface area (Å²) in [5.74, 6) is 0. The van der Waals surface area contributed by atoms with Crippen LogP contribution in [-0.2, 0) is 0 Å². The summed E-state index contributed by atoms with van der Waals surface area (Å²) >= 11 is 0. The molecule has 0 radical (unpaired) electrons. The van der Waals surface area contributed by atoms with Crippen LogP contribution >= 0.6 is 0 Å². The van der Waals surface area contributed by atoms with Crippen LogP contribution in [0.4, 0.5) is 0 Å². The maximum Gasteiger partial charge on any atom is 0.0979 e. The molecule has 0 amide bonds. The normalized spacial score (nSPS) is 11.5. The first kappa shape index (κ1) is 26.1. The first-order chi connectivity index (χ1) is 22.8. The van der Waals surface area contributed by atoms with E-state index in [4.69, 9.17) is 19.9 Å². The van der Waals surface area contributed by atoms with E-state index in [0.717, 1.165) is 83.4 Å². The Bertz CT molecular complexity index is 2600. The lowest BCUT2D eigenvalue weighted by Gasteiger charge is -2.15. The second-order valence-corrected chi connectivity index (χ2v) is 11.3. The maximum absolute atomic E-state index is 5.27. The van der Waals surface area contributed by atoms with Crippen molar-refractivity contribution in [2.45, 2.75) is 0 Å². The number of aromatic nitrogens is 5. The molecule has 0 fully saturated rings. The van der Waals surface area contributed by atoms with Crippen LogP contribution in [0.5, 0.6) is 0 Å². The Kier molecular flexibility index (Phi) is 6.06. The van der Waals surface area contributed by atoms with Crippen molar-refractivity contribution in [2.75, 3.05) is 0 Å². The molecule has 0 atom stereocenters. The summed E-state index contributed by atoms with van der Waals surface area (Å²) in [5.41, 5.74) is 10.5. The molecule has 4 heterocycles. The summed E-state index contributed by atoms with van der Waals surface area (Å²) in [6, 6.07) is 49.7. The van der Waals surface area contributed by atoms with Crippen molar-refractivity contribution < 1.29 is 0 Å². The summed E-state index contributed by atoms with van der Waals surface area (Å²) in [4.78, 5) is 25.3. The molecule has 0 saturated heterocycles. The van der Waals surface area contributed by atoms with E-state index in [0.29, 0.717) is 0 Å². The standard InChI is InChI=1S/C41H25N5/c1-2-10-29-25-30(19-16-26(29)9-1)40-41(46-36-15-6-5-14-35(36)44-40)32-12-4-3-11-31(32)33-22-20-27-17-18-28-21-23-37(34-13-7-8-24-42-34)45-39(28)38(27)43-33/h1-25H. The fourth-order valence-electron chi connectivity index (χ4n) is 6.21. The van der Waals surface area contributed by atoms with E-state index in [9.17, 15) is 0 Å². The van der Waals surface area contributed by atoms with Crippen molar-refractivity contribution in [3.63, 3.8) is 0 Å². The Morgan fingerprint density at radius 1 is 0.348 bits per heavy atom. The number of rotatable bonds is 4. The quantitative estimate of drug-likeness (QED) is 0.192. The zero-order valence-corrected chi connectivity index (χ0v) is 24.7. The molecule has 214 valence electrons. The highest BCUT2D eigenvalue weighted by Crippen LogP contribution is 2.38. The first-order valence-electron chi connectivity index (χ1n) is 15.3. The lowest BCUT2D eigenvalue weighted by atomic mass is 9.95. The van der Waals surface area contributed by atoms with Crippen LogP contribution in [0.25, 0.3) is 88.8 Å². The number of fused-ring (bicyclic) bond motifs is 5. The van der Waals surface area contributed by atoms with Crippen molar-refractivity contribution in [1.29, 1.82) is 0 Å². The van der Waals surface area contributed by atoms with Crippen LogP contribution in [-0.4, -0.2) is 24.9 Å². The highest BCUT2D eigenvalue weighted by atomic mass is 14.8. The van der Waals surface area contributed by atoms with Gasteiger partial charge in [-0.2, -0.15) is 0 Å². The Morgan fingerprint density at radius 3 is 1.70 bits per heavy atom. The van der Waals surface area contributed by atoms with Gasteiger partial charge in [-0.15, -0.1) is 0 Å². The smallest absolute Gasteiger partial charge is 0.0979 e. The predicted octanol–water partition coefficient (Wildman–Crippen LogP) is 9.94. The summed E-state index contributed by atoms with van der Waals surface area (Å²) in [5, 5.41) is 4.41. The molecule has 5 heteroatoms. The maximum atomic E-state index is 5.27. The van der Waals surface area contributed by atoms with Crippen molar-refractivity contribution in [3.8, 4) is 45.2 Å². The monoisotopic (exact) mass is 587 g/mol. The topological polar surface area (TPSA) is 64.5 Å². The Labute approximate surface area is 264 Å². The largest absolute Gasteiger partial charge is 0.255 e. The molecule has 0 N–H and O–H groups in total. The van der Waals surface area contributed by atoms with Crippen LogP contribution in [0.3, 0.4) is 0 Å². The number of para-hydroxylation sites is 2. The van der Waals surface area contributed by atoms with E-state index in [1.54, 1.807) is 6.20 Å². The van der Waals surface area contributed by atoms with Gasteiger partial charge >= 0.3 is 0 Å². The van der Waals surface area contributed by atoms with Crippen LogP contribution < -0.4 is 0 Å². The third-order valence-corrected chi connectivity index (χ3v) is 8.50. The number of pyridine rings is 3. The highest BCUT2D eigenvalue weighted by Gasteiger charge is 2.18. The fraction of sp³-hybridized carbons (Fsp3) is 0. The summed E-state index contributed by atoms with van der Waals surface area (Å²) in [6.45, 7) is 0. The average molecular weight is 588 g/mol. The molecule has 0 saturated carbocycles. The molecule has 5 nitrogen and oxygen atoms in total. The molecule has 46 heavy (non-hydrogen) atoms. The molecule has 0 aliphatic rings. The summed E-state index contributed by atoms with van der Waals surface area (Å²) < 4.78 is 0. The number of benzene rings is 5. The van der Waals surface area contributed by atoms with Crippen LogP contribution in [0.2, 0.25) is 0 Å². The van der Waals surface area contributed by atoms with Crippen LogP contribution in [0.15, 0.2) is 152 Å². The molecular weight excluding hydrogens is 562 g/mol. The van der Waals surface area contributed by atoms with Gasteiger partial charge in [0.2, 0.25) is 0 Å². The Hall–Kier alpha value is -6.33. The van der Waals surface area contributed by atoms with E-state index in [1.807, 2.05) is 48.5 Å². The highest BCUT2D eigenvalue weighted by molar-refractivity contribution is 6.04. The zero-order valence-electron chi connectivity index (χ0n) is 24.7. The Balaban J connectivity index is 1.26. The van der Waals surface area contributed by atoms with E-state index < -0.39 is 0 Å². The molecule has 9 rings (SSSR count). The number of hydrogen-bond donors (Lipinski definition) is 0. The Morgan fingerprint density at radius 2 is 0.935 bits per heavy atom. The van der Waals surface area contributed by atoms with E-state index >= 15 is 0 Å².